The molecule has 1 aromatic carbocycles. The van der Waals surface area contributed by atoms with Gasteiger partial charge in [0.25, 0.3) is 0 Å². The number of fused-ring (bicyclic) bond motifs is 1. The van der Waals surface area contributed by atoms with Crippen LogP contribution in [0.2, 0.25) is 0 Å². The van der Waals surface area contributed by atoms with Crippen LogP contribution in [0.3, 0.4) is 0 Å². The van der Waals surface area contributed by atoms with Gasteiger partial charge in [-0.2, -0.15) is 0 Å². The highest BCUT2D eigenvalue weighted by Crippen LogP contribution is 2.31. The van der Waals surface area contributed by atoms with E-state index in [1.54, 1.807) is 0 Å². The molecule has 1 aromatic heterocycles. The summed E-state index contributed by atoms with van der Waals surface area (Å²) in [5.41, 5.74) is 2.89. The molecule has 0 saturated carbocycles. The minimum atomic E-state index is 0.148. The molecule has 130 valence electrons. The molecule has 0 aliphatic carbocycles. The lowest BCUT2D eigenvalue weighted by Gasteiger charge is -2.28. The van der Waals surface area contributed by atoms with Crippen molar-refractivity contribution in [1.82, 2.24) is 14.9 Å². The minimum absolute atomic E-state index is 0.148. The molecule has 25 heavy (non-hydrogen) atoms. The summed E-state index contributed by atoms with van der Waals surface area (Å²) in [4.78, 5) is 26.3. The zero-order chi connectivity index (χ0) is 17.2. The number of likely N-dealkylation sites (tertiary alicyclic amines) is 1. The van der Waals surface area contributed by atoms with Crippen LogP contribution in [0.15, 0.2) is 30.3 Å². The van der Waals surface area contributed by atoms with E-state index in [9.17, 15) is 4.79 Å². The molecule has 0 unspecified atom stereocenters. The maximum atomic E-state index is 12.5. The zero-order valence-electron chi connectivity index (χ0n) is 14.7. The van der Waals surface area contributed by atoms with Crippen molar-refractivity contribution in [2.75, 3.05) is 31.1 Å². The van der Waals surface area contributed by atoms with Gasteiger partial charge in [-0.25, -0.2) is 9.97 Å². The Hall–Kier alpha value is -2.27. The summed E-state index contributed by atoms with van der Waals surface area (Å²) in [6, 6.07) is 9.98. The third-order valence-corrected chi connectivity index (χ3v) is 5.20. The van der Waals surface area contributed by atoms with Crippen LogP contribution in [-0.4, -0.2) is 47.0 Å². The van der Waals surface area contributed by atoms with Gasteiger partial charge in [-0.05, 0) is 32.9 Å². The van der Waals surface area contributed by atoms with Gasteiger partial charge in [0.1, 0.15) is 5.82 Å². The summed E-state index contributed by atoms with van der Waals surface area (Å²) in [7, 11) is 0. The van der Waals surface area contributed by atoms with E-state index in [-0.39, 0.29) is 5.91 Å². The van der Waals surface area contributed by atoms with Crippen molar-refractivity contribution in [3.05, 3.63) is 41.6 Å². The molecule has 3 heterocycles. The molecule has 2 aromatic rings. The van der Waals surface area contributed by atoms with Gasteiger partial charge in [0, 0.05) is 29.9 Å². The van der Waals surface area contributed by atoms with Crippen molar-refractivity contribution in [2.45, 2.75) is 32.6 Å². The molecule has 0 N–H and O–H groups in total. The Morgan fingerprint density at radius 2 is 1.76 bits per heavy atom. The number of aryl methyl sites for hydroxylation is 1. The average Bonchev–Trinajstić information content (AvgIpc) is 2.97. The minimum Gasteiger partial charge on any atom is -0.302 e. The van der Waals surface area contributed by atoms with Gasteiger partial charge in [0.2, 0.25) is 5.91 Å². The Kier molecular flexibility index (Phi) is 4.49. The number of aromatic nitrogens is 2. The SMILES string of the molecule is Cc1nc(-c2ccccc2)nc2c1CC(=O)N2CCN1CCCCC1. The van der Waals surface area contributed by atoms with Crippen molar-refractivity contribution in [3.8, 4) is 11.4 Å². The lowest BCUT2D eigenvalue weighted by Crippen LogP contribution is -2.39. The molecule has 4 rings (SSSR count). The molecule has 2 aliphatic heterocycles. The Balaban J connectivity index is 1.59. The molecule has 0 atom stereocenters. The summed E-state index contributed by atoms with van der Waals surface area (Å²) in [6.45, 7) is 5.92. The first-order valence-corrected chi connectivity index (χ1v) is 9.18. The maximum Gasteiger partial charge on any atom is 0.232 e. The highest BCUT2D eigenvalue weighted by molar-refractivity contribution is 6.00. The van der Waals surface area contributed by atoms with Crippen LogP contribution in [0.1, 0.15) is 30.5 Å². The highest BCUT2D eigenvalue weighted by Gasteiger charge is 2.31. The van der Waals surface area contributed by atoms with Crippen LogP contribution in [0.25, 0.3) is 11.4 Å². The first-order valence-electron chi connectivity index (χ1n) is 9.18. The van der Waals surface area contributed by atoms with E-state index in [4.69, 9.17) is 4.98 Å². The Labute approximate surface area is 148 Å². The number of piperidine rings is 1. The summed E-state index contributed by atoms with van der Waals surface area (Å²) in [5.74, 6) is 1.66. The number of carbonyl (C=O) groups excluding carboxylic acids is 1. The van der Waals surface area contributed by atoms with Crippen LogP contribution in [0.4, 0.5) is 5.82 Å². The number of amides is 1. The fourth-order valence-corrected chi connectivity index (χ4v) is 3.75. The number of anilines is 1. The van der Waals surface area contributed by atoms with Crippen LogP contribution in [-0.2, 0) is 11.2 Å². The fourth-order valence-electron chi connectivity index (χ4n) is 3.75. The van der Waals surface area contributed by atoms with Crippen LogP contribution < -0.4 is 4.90 Å². The Morgan fingerprint density at radius 3 is 2.52 bits per heavy atom. The molecule has 1 saturated heterocycles. The summed E-state index contributed by atoms with van der Waals surface area (Å²) in [5, 5.41) is 0. The Bertz CT molecular complexity index is 769. The van der Waals surface area contributed by atoms with Crippen molar-refractivity contribution in [2.24, 2.45) is 0 Å². The molecule has 5 nitrogen and oxygen atoms in total. The van der Waals surface area contributed by atoms with Gasteiger partial charge in [0.15, 0.2) is 5.82 Å². The smallest absolute Gasteiger partial charge is 0.232 e. The number of carbonyl (C=O) groups is 1. The van der Waals surface area contributed by atoms with E-state index in [1.807, 2.05) is 42.2 Å². The molecule has 2 aliphatic rings. The van der Waals surface area contributed by atoms with Gasteiger partial charge in [0.05, 0.1) is 6.42 Å². The highest BCUT2D eigenvalue weighted by atomic mass is 16.2. The molecule has 1 fully saturated rings. The standard InChI is InChI=1S/C20H24N4O/c1-15-17-14-18(25)24(13-12-23-10-6-3-7-11-23)20(17)22-19(21-15)16-8-4-2-5-9-16/h2,4-5,8-9H,3,6-7,10-14H2,1H3. The molecular weight excluding hydrogens is 312 g/mol. The first-order chi connectivity index (χ1) is 12.2. The predicted octanol–water partition coefficient (Wildman–Crippen LogP) is 2.83. The van der Waals surface area contributed by atoms with Crippen molar-refractivity contribution >= 4 is 11.7 Å². The van der Waals surface area contributed by atoms with E-state index < -0.39 is 0 Å². The maximum absolute atomic E-state index is 12.5. The second-order valence-corrected chi connectivity index (χ2v) is 6.93. The number of nitrogens with zero attached hydrogens (tertiary/aromatic N) is 4. The van der Waals surface area contributed by atoms with E-state index in [0.717, 1.165) is 48.8 Å². The summed E-state index contributed by atoms with van der Waals surface area (Å²) < 4.78 is 0. The monoisotopic (exact) mass is 336 g/mol. The second-order valence-electron chi connectivity index (χ2n) is 6.93. The fraction of sp³-hybridized carbons (Fsp3) is 0.450. The molecule has 1 amide bonds. The lowest BCUT2D eigenvalue weighted by atomic mass is 10.1. The van der Waals surface area contributed by atoms with Gasteiger partial charge in [-0.15, -0.1) is 0 Å². The zero-order valence-corrected chi connectivity index (χ0v) is 14.7. The van der Waals surface area contributed by atoms with Gasteiger partial charge >= 0.3 is 0 Å². The van der Waals surface area contributed by atoms with E-state index in [1.165, 1.54) is 19.3 Å². The van der Waals surface area contributed by atoms with Crippen LogP contribution >= 0.6 is 0 Å². The molecule has 0 spiro atoms. The Morgan fingerprint density at radius 1 is 1.00 bits per heavy atom. The molecule has 0 bridgehead atoms. The predicted molar refractivity (Wildman–Crippen MR) is 98.6 cm³/mol. The van der Waals surface area contributed by atoms with Crippen LogP contribution in [0, 0.1) is 6.92 Å². The van der Waals surface area contributed by atoms with Gasteiger partial charge in [-0.1, -0.05) is 36.8 Å². The number of benzene rings is 1. The van der Waals surface area contributed by atoms with Gasteiger partial charge in [-0.3, -0.25) is 9.69 Å². The number of hydrogen-bond acceptors (Lipinski definition) is 4. The second kappa shape index (κ2) is 6.92. The third kappa shape index (κ3) is 3.29. The summed E-state index contributed by atoms with van der Waals surface area (Å²) in [6.07, 6.45) is 4.29. The number of rotatable bonds is 4. The van der Waals surface area contributed by atoms with Crippen LogP contribution in [0.5, 0.6) is 0 Å². The number of hydrogen-bond donors (Lipinski definition) is 0. The lowest BCUT2D eigenvalue weighted by molar-refractivity contribution is -0.117. The molecular formula is C20H24N4O. The van der Waals surface area contributed by atoms with E-state index in [0.29, 0.717) is 12.2 Å². The van der Waals surface area contributed by atoms with Crippen molar-refractivity contribution in [1.29, 1.82) is 0 Å². The average molecular weight is 336 g/mol. The third-order valence-electron chi connectivity index (χ3n) is 5.20. The normalized spacial score (nSPS) is 17.8. The molecule has 0 radical (unpaired) electrons. The van der Waals surface area contributed by atoms with Crippen molar-refractivity contribution in [3.63, 3.8) is 0 Å². The largest absolute Gasteiger partial charge is 0.302 e. The van der Waals surface area contributed by atoms with Gasteiger partial charge < -0.3 is 4.90 Å². The topological polar surface area (TPSA) is 49.3 Å². The quantitative estimate of drug-likeness (QED) is 0.861. The molecule has 5 heteroatoms. The van der Waals surface area contributed by atoms with E-state index in [2.05, 4.69) is 9.88 Å². The van der Waals surface area contributed by atoms with Crippen molar-refractivity contribution < 1.29 is 4.79 Å². The first kappa shape index (κ1) is 16.2. The summed E-state index contributed by atoms with van der Waals surface area (Å²) >= 11 is 0. The van der Waals surface area contributed by atoms with E-state index >= 15 is 0 Å².